The number of aliphatic hydroxyl groups is 1. The minimum atomic E-state index is -1.000. The molecule has 0 amide bonds. The van der Waals surface area contributed by atoms with Gasteiger partial charge in [-0.1, -0.05) is 12.1 Å². The summed E-state index contributed by atoms with van der Waals surface area (Å²) in [4.78, 5) is 2.21. The van der Waals surface area contributed by atoms with Crippen molar-refractivity contribution < 1.29 is 18.7 Å². The van der Waals surface area contributed by atoms with Crippen molar-refractivity contribution in [3.05, 3.63) is 59.3 Å². The summed E-state index contributed by atoms with van der Waals surface area (Å²) in [7, 11) is 0. The molecule has 1 aromatic carbocycles. The van der Waals surface area contributed by atoms with Gasteiger partial charge < -0.3 is 14.3 Å². The lowest BCUT2D eigenvalue weighted by Gasteiger charge is -2.24. The Morgan fingerprint density at radius 1 is 1.24 bits per heavy atom. The van der Waals surface area contributed by atoms with Crippen LogP contribution >= 0.6 is 0 Å². The van der Waals surface area contributed by atoms with Crippen LogP contribution in [0.4, 0.5) is 4.39 Å². The summed E-state index contributed by atoms with van der Waals surface area (Å²) in [5.74, 6) is 1.11. The highest BCUT2D eigenvalue weighted by Gasteiger charge is 2.23. The highest BCUT2D eigenvalue weighted by Crippen LogP contribution is 2.24. The van der Waals surface area contributed by atoms with Crippen LogP contribution in [0.2, 0.25) is 0 Å². The first-order chi connectivity index (χ1) is 11.9. The molecule has 0 aliphatic carbocycles. The normalized spacial score (nSPS) is 18.2. The van der Waals surface area contributed by atoms with Crippen molar-refractivity contribution >= 4 is 0 Å². The topological polar surface area (TPSA) is 45.8 Å². The van der Waals surface area contributed by atoms with Crippen LogP contribution in [0, 0.1) is 5.82 Å². The monoisotopic (exact) mass is 347 g/mol. The number of furan rings is 1. The standard InChI is InChI=1S/C20H26FNO3/c1-20(2,23)19-9-8-18(25-19)14-22(13-17-7-4-10-24-17)12-15-5-3-6-16(21)11-15/h3,5-6,8-9,11,17,23H,4,7,10,12-14H2,1-2H3. The molecule has 5 heteroatoms. The van der Waals surface area contributed by atoms with E-state index in [1.165, 1.54) is 6.07 Å². The predicted molar refractivity (Wildman–Crippen MR) is 93.4 cm³/mol. The van der Waals surface area contributed by atoms with Gasteiger partial charge in [0.2, 0.25) is 0 Å². The first-order valence-corrected chi connectivity index (χ1v) is 8.80. The van der Waals surface area contributed by atoms with Crippen molar-refractivity contribution in [1.82, 2.24) is 4.90 Å². The first-order valence-electron chi connectivity index (χ1n) is 8.80. The fraction of sp³-hybridized carbons (Fsp3) is 0.500. The smallest absolute Gasteiger partial charge is 0.135 e. The van der Waals surface area contributed by atoms with E-state index in [0.29, 0.717) is 18.8 Å². The molecule has 2 aromatic rings. The van der Waals surface area contributed by atoms with Crippen LogP contribution in [0.25, 0.3) is 0 Å². The van der Waals surface area contributed by atoms with Crippen LogP contribution in [0.15, 0.2) is 40.8 Å². The lowest BCUT2D eigenvalue weighted by molar-refractivity contribution is 0.0477. The Balaban J connectivity index is 1.72. The van der Waals surface area contributed by atoms with E-state index in [1.807, 2.05) is 18.2 Å². The van der Waals surface area contributed by atoms with Crippen molar-refractivity contribution in [1.29, 1.82) is 0 Å². The molecule has 0 radical (unpaired) electrons. The number of benzene rings is 1. The van der Waals surface area contributed by atoms with Crippen molar-refractivity contribution in [2.75, 3.05) is 13.2 Å². The summed E-state index contributed by atoms with van der Waals surface area (Å²) < 4.78 is 25.0. The van der Waals surface area contributed by atoms with E-state index >= 15 is 0 Å². The van der Waals surface area contributed by atoms with Gasteiger partial charge in [0.1, 0.15) is 22.9 Å². The molecule has 1 N–H and O–H groups in total. The minimum Gasteiger partial charge on any atom is -0.462 e. The number of rotatable bonds is 7. The van der Waals surface area contributed by atoms with Gasteiger partial charge >= 0.3 is 0 Å². The molecule has 25 heavy (non-hydrogen) atoms. The van der Waals surface area contributed by atoms with E-state index in [-0.39, 0.29) is 11.9 Å². The van der Waals surface area contributed by atoms with E-state index in [1.54, 1.807) is 26.0 Å². The van der Waals surface area contributed by atoms with Gasteiger partial charge in [-0.05, 0) is 56.5 Å². The third-order valence-corrected chi connectivity index (χ3v) is 4.43. The molecular formula is C20H26FNO3. The van der Waals surface area contributed by atoms with Gasteiger partial charge in [-0.3, -0.25) is 4.90 Å². The molecule has 0 bridgehead atoms. The Morgan fingerprint density at radius 3 is 2.72 bits per heavy atom. The quantitative estimate of drug-likeness (QED) is 0.827. The highest BCUT2D eigenvalue weighted by atomic mass is 19.1. The molecule has 1 saturated heterocycles. The third-order valence-electron chi connectivity index (χ3n) is 4.43. The maximum Gasteiger partial charge on any atom is 0.135 e. The zero-order valence-electron chi connectivity index (χ0n) is 14.9. The second kappa shape index (κ2) is 7.68. The van der Waals surface area contributed by atoms with Crippen molar-refractivity contribution in [3.63, 3.8) is 0 Å². The van der Waals surface area contributed by atoms with E-state index in [2.05, 4.69) is 4.90 Å². The summed E-state index contributed by atoms with van der Waals surface area (Å²) in [6.45, 7) is 6.19. The summed E-state index contributed by atoms with van der Waals surface area (Å²) in [5.41, 5.74) is -0.0764. The fourth-order valence-electron chi connectivity index (χ4n) is 3.17. The van der Waals surface area contributed by atoms with Crippen molar-refractivity contribution in [3.8, 4) is 0 Å². The van der Waals surface area contributed by atoms with Gasteiger partial charge in [0.15, 0.2) is 0 Å². The molecule has 1 aromatic heterocycles. The van der Waals surface area contributed by atoms with E-state index in [9.17, 15) is 9.50 Å². The summed E-state index contributed by atoms with van der Waals surface area (Å²) in [5, 5.41) is 10.1. The molecule has 1 fully saturated rings. The van der Waals surface area contributed by atoms with E-state index in [0.717, 1.165) is 37.3 Å². The Kier molecular flexibility index (Phi) is 5.57. The SMILES string of the molecule is CC(C)(O)c1ccc(CN(Cc2cccc(F)c2)CC2CCCO2)o1. The lowest BCUT2D eigenvalue weighted by Crippen LogP contribution is -2.31. The summed E-state index contributed by atoms with van der Waals surface area (Å²) in [6, 6.07) is 10.4. The Hall–Kier alpha value is -1.69. The third kappa shape index (κ3) is 5.14. The molecule has 136 valence electrons. The second-order valence-electron chi connectivity index (χ2n) is 7.26. The molecule has 0 saturated carbocycles. The van der Waals surface area contributed by atoms with Gasteiger partial charge in [0, 0.05) is 19.7 Å². The molecule has 0 spiro atoms. The van der Waals surface area contributed by atoms with Crippen LogP contribution < -0.4 is 0 Å². The Labute approximate surface area is 148 Å². The second-order valence-corrected chi connectivity index (χ2v) is 7.26. The minimum absolute atomic E-state index is 0.206. The number of ether oxygens (including phenoxy) is 1. The van der Waals surface area contributed by atoms with Crippen LogP contribution in [-0.4, -0.2) is 29.3 Å². The molecule has 4 nitrogen and oxygen atoms in total. The van der Waals surface area contributed by atoms with Gasteiger partial charge in [-0.15, -0.1) is 0 Å². The molecule has 1 unspecified atom stereocenters. The first kappa shape index (κ1) is 18.1. The number of hydrogen-bond acceptors (Lipinski definition) is 4. The van der Waals surface area contributed by atoms with Crippen LogP contribution in [0.3, 0.4) is 0 Å². The van der Waals surface area contributed by atoms with Gasteiger partial charge in [-0.2, -0.15) is 0 Å². The zero-order valence-corrected chi connectivity index (χ0v) is 14.9. The molecular weight excluding hydrogens is 321 g/mol. The zero-order chi connectivity index (χ0) is 17.9. The van der Waals surface area contributed by atoms with Crippen LogP contribution in [0.1, 0.15) is 43.8 Å². The maximum atomic E-state index is 13.5. The van der Waals surface area contributed by atoms with Gasteiger partial charge in [0.05, 0.1) is 12.6 Å². The van der Waals surface area contributed by atoms with E-state index in [4.69, 9.17) is 9.15 Å². The average Bonchev–Trinajstić information content (AvgIpc) is 3.18. The molecule has 1 atom stereocenters. The average molecular weight is 347 g/mol. The number of nitrogens with zero attached hydrogens (tertiary/aromatic N) is 1. The predicted octanol–water partition coefficient (Wildman–Crippen LogP) is 3.83. The summed E-state index contributed by atoms with van der Waals surface area (Å²) in [6.07, 6.45) is 2.34. The maximum absolute atomic E-state index is 13.5. The highest BCUT2D eigenvalue weighted by molar-refractivity contribution is 5.17. The molecule has 1 aliphatic heterocycles. The number of hydrogen-bond donors (Lipinski definition) is 1. The Bertz CT molecular complexity index is 686. The molecule has 1 aliphatic rings. The largest absolute Gasteiger partial charge is 0.462 e. The lowest BCUT2D eigenvalue weighted by atomic mass is 10.1. The van der Waals surface area contributed by atoms with Crippen LogP contribution in [-0.2, 0) is 23.4 Å². The number of halogens is 1. The molecule has 2 heterocycles. The molecule has 3 rings (SSSR count). The van der Waals surface area contributed by atoms with Gasteiger partial charge in [-0.25, -0.2) is 4.39 Å². The van der Waals surface area contributed by atoms with Crippen molar-refractivity contribution in [2.24, 2.45) is 0 Å². The van der Waals surface area contributed by atoms with Gasteiger partial charge in [0.25, 0.3) is 0 Å². The Morgan fingerprint density at radius 2 is 2.08 bits per heavy atom. The fourth-order valence-corrected chi connectivity index (χ4v) is 3.17. The van der Waals surface area contributed by atoms with Crippen LogP contribution in [0.5, 0.6) is 0 Å². The summed E-state index contributed by atoms with van der Waals surface area (Å²) >= 11 is 0. The van der Waals surface area contributed by atoms with E-state index < -0.39 is 5.60 Å². The van der Waals surface area contributed by atoms with Crippen molar-refractivity contribution in [2.45, 2.75) is 51.5 Å².